The van der Waals surface area contributed by atoms with Crippen LogP contribution in [0.4, 0.5) is 0 Å². The number of nitriles is 1. The van der Waals surface area contributed by atoms with Crippen molar-refractivity contribution in [1.82, 2.24) is 9.78 Å². The standard InChI is InChI=1S/C12H11N3O/c1-15-8-9(7-13)12(14-15)10-5-3-4-6-11(10)16-2/h3-6,8H,1-2H3. The molecule has 2 rings (SSSR count). The molecule has 2 aromatic rings. The number of para-hydroxylation sites is 1. The molecule has 1 heterocycles. The summed E-state index contributed by atoms with van der Waals surface area (Å²) in [5.74, 6) is 0.720. The van der Waals surface area contributed by atoms with Crippen molar-refractivity contribution >= 4 is 0 Å². The molecule has 0 saturated carbocycles. The van der Waals surface area contributed by atoms with Crippen LogP contribution in [0.5, 0.6) is 5.75 Å². The summed E-state index contributed by atoms with van der Waals surface area (Å²) in [6.07, 6.45) is 1.70. The van der Waals surface area contributed by atoms with E-state index in [9.17, 15) is 0 Å². The lowest BCUT2D eigenvalue weighted by Gasteiger charge is -2.05. The van der Waals surface area contributed by atoms with Crippen molar-refractivity contribution in [3.05, 3.63) is 36.0 Å². The van der Waals surface area contributed by atoms with Crippen LogP contribution in [-0.2, 0) is 7.05 Å². The maximum absolute atomic E-state index is 9.01. The van der Waals surface area contributed by atoms with Gasteiger partial charge in [-0.25, -0.2) is 0 Å². The highest BCUT2D eigenvalue weighted by atomic mass is 16.5. The molecule has 0 atom stereocenters. The summed E-state index contributed by atoms with van der Waals surface area (Å²) in [5, 5.41) is 13.3. The van der Waals surface area contributed by atoms with Gasteiger partial charge >= 0.3 is 0 Å². The van der Waals surface area contributed by atoms with E-state index in [4.69, 9.17) is 10.00 Å². The van der Waals surface area contributed by atoms with Gasteiger partial charge in [-0.15, -0.1) is 0 Å². The summed E-state index contributed by atoms with van der Waals surface area (Å²) in [6, 6.07) is 9.65. The lowest BCUT2D eigenvalue weighted by molar-refractivity contribution is 0.416. The van der Waals surface area contributed by atoms with Gasteiger partial charge in [0.05, 0.1) is 12.7 Å². The third kappa shape index (κ3) is 1.63. The van der Waals surface area contributed by atoms with Gasteiger partial charge in [0, 0.05) is 18.8 Å². The van der Waals surface area contributed by atoms with Crippen molar-refractivity contribution in [3.8, 4) is 23.1 Å². The van der Waals surface area contributed by atoms with Crippen molar-refractivity contribution in [1.29, 1.82) is 5.26 Å². The second-order valence-corrected chi connectivity index (χ2v) is 3.38. The highest BCUT2D eigenvalue weighted by Crippen LogP contribution is 2.30. The molecule has 0 bridgehead atoms. The summed E-state index contributed by atoms with van der Waals surface area (Å²) in [4.78, 5) is 0. The van der Waals surface area contributed by atoms with Gasteiger partial charge in [-0.1, -0.05) is 12.1 Å². The molecule has 0 aliphatic heterocycles. The SMILES string of the molecule is COc1ccccc1-c1nn(C)cc1C#N. The molecule has 4 nitrogen and oxygen atoms in total. The fourth-order valence-electron chi connectivity index (χ4n) is 1.61. The minimum Gasteiger partial charge on any atom is -0.496 e. The van der Waals surface area contributed by atoms with E-state index in [2.05, 4.69) is 11.2 Å². The Bertz CT molecular complexity index is 552. The molecule has 1 aromatic heterocycles. The molecule has 0 fully saturated rings. The molecular formula is C12H11N3O. The molecule has 80 valence electrons. The molecule has 0 spiro atoms. The van der Waals surface area contributed by atoms with E-state index in [-0.39, 0.29) is 0 Å². The molecule has 0 aliphatic rings. The van der Waals surface area contributed by atoms with E-state index in [1.54, 1.807) is 25.0 Å². The quantitative estimate of drug-likeness (QED) is 0.766. The first-order chi connectivity index (χ1) is 7.76. The van der Waals surface area contributed by atoms with E-state index in [1.165, 1.54) is 0 Å². The fraction of sp³-hybridized carbons (Fsp3) is 0.167. The van der Waals surface area contributed by atoms with Crippen molar-refractivity contribution < 1.29 is 4.74 Å². The Labute approximate surface area is 93.7 Å². The van der Waals surface area contributed by atoms with Crippen LogP contribution < -0.4 is 4.74 Å². The monoisotopic (exact) mass is 213 g/mol. The predicted octanol–water partition coefficient (Wildman–Crippen LogP) is 1.97. The third-order valence-electron chi connectivity index (χ3n) is 2.31. The molecule has 0 amide bonds. The van der Waals surface area contributed by atoms with Crippen LogP contribution in [0.2, 0.25) is 0 Å². The molecule has 0 radical (unpaired) electrons. The number of rotatable bonds is 2. The van der Waals surface area contributed by atoms with E-state index < -0.39 is 0 Å². The van der Waals surface area contributed by atoms with Crippen LogP contribution in [0, 0.1) is 11.3 Å². The minimum atomic E-state index is 0.548. The number of ether oxygens (including phenoxy) is 1. The van der Waals surface area contributed by atoms with E-state index >= 15 is 0 Å². The van der Waals surface area contributed by atoms with Gasteiger partial charge < -0.3 is 4.74 Å². The summed E-state index contributed by atoms with van der Waals surface area (Å²) in [7, 11) is 3.40. The number of hydrogen-bond acceptors (Lipinski definition) is 3. The average Bonchev–Trinajstić information content (AvgIpc) is 2.70. The summed E-state index contributed by atoms with van der Waals surface area (Å²) < 4.78 is 6.88. The Balaban J connectivity index is 2.63. The van der Waals surface area contributed by atoms with Crippen molar-refractivity contribution in [3.63, 3.8) is 0 Å². The van der Waals surface area contributed by atoms with E-state index in [1.807, 2.05) is 24.3 Å². The largest absolute Gasteiger partial charge is 0.496 e. The zero-order valence-electron chi connectivity index (χ0n) is 9.14. The molecule has 0 unspecified atom stereocenters. The Kier molecular flexibility index (Phi) is 2.61. The smallest absolute Gasteiger partial charge is 0.128 e. The predicted molar refractivity (Wildman–Crippen MR) is 59.9 cm³/mol. The second kappa shape index (κ2) is 4.07. The van der Waals surface area contributed by atoms with Gasteiger partial charge in [-0.3, -0.25) is 4.68 Å². The topological polar surface area (TPSA) is 50.8 Å². The third-order valence-corrected chi connectivity index (χ3v) is 2.31. The summed E-state index contributed by atoms with van der Waals surface area (Å²) in [6.45, 7) is 0. The Morgan fingerprint density at radius 3 is 2.81 bits per heavy atom. The Hall–Kier alpha value is -2.28. The highest BCUT2D eigenvalue weighted by Gasteiger charge is 2.13. The van der Waals surface area contributed by atoms with Crippen LogP contribution >= 0.6 is 0 Å². The first kappa shape index (κ1) is 10.2. The van der Waals surface area contributed by atoms with Crippen LogP contribution in [0.25, 0.3) is 11.3 Å². The van der Waals surface area contributed by atoms with Crippen molar-refractivity contribution in [2.45, 2.75) is 0 Å². The maximum Gasteiger partial charge on any atom is 0.128 e. The number of methoxy groups -OCH3 is 1. The van der Waals surface area contributed by atoms with Crippen LogP contribution in [0.3, 0.4) is 0 Å². The van der Waals surface area contributed by atoms with Crippen molar-refractivity contribution in [2.75, 3.05) is 7.11 Å². The van der Waals surface area contributed by atoms with Crippen LogP contribution in [0.1, 0.15) is 5.56 Å². The van der Waals surface area contributed by atoms with Gasteiger partial charge in [0.2, 0.25) is 0 Å². The Morgan fingerprint density at radius 2 is 2.12 bits per heavy atom. The number of nitrogens with zero attached hydrogens (tertiary/aromatic N) is 3. The van der Waals surface area contributed by atoms with Gasteiger partial charge in [-0.2, -0.15) is 10.4 Å². The van der Waals surface area contributed by atoms with Gasteiger partial charge in [0.1, 0.15) is 17.5 Å². The van der Waals surface area contributed by atoms with E-state index in [0.29, 0.717) is 11.3 Å². The van der Waals surface area contributed by atoms with Crippen molar-refractivity contribution in [2.24, 2.45) is 7.05 Å². The zero-order valence-corrected chi connectivity index (χ0v) is 9.14. The molecule has 1 aromatic carbocycles. The molecule has 0 aliphatic carbocycles. The summed E-state index contributed by atoms with van der Waals surface area (Å²) in [5.41, 5.74) is 2.04. The minimum absolute atomic E-state index is 0.548. The number of hydrogen-bond donors (Lipinski definition) is 0. The second-order valence-electron chi connectivity index (χ2n) is 3.38. The number of benzene rings is 1. The highest BCUT2D eigenvalue weighted by molar-refractivity contribution is 5.71. The van der Waals surface area contributed by atoms with Crippen LogP contribution in [0.15, 0.2) is 30.5 Å². The number of aromatic nitrogens is 2. The Morgan fingerprint density at radius 1 is 1.38 bits per heavy atom. The molecular weight excluding hydrogens is 202 g/mol. The van der Waals surface area contributed by atoms with Crippen LogP contribution in [-0.4, -0.2) is 16.9 Å². The lowest BCUT2D eigenvalue weighted by Crippen LogP contribution is -1.91. The van der Waals surface area contributed by atoms with Gasteiger partial charge in [0.25, 0.3) is 0 Å². The first-order valence-electron chi connectivity index (χ1n) is 4.83. The van der Waals surface area contributed by atoms with Gasteiger partial charge in [0.15, 0.2) is 0 Å². The van der Waals surface area contributed by atoms with E-state index in [0.717, 1.165) is 11.3 Å². The molecule has 0 saturated heterocycles. The maximum atomic E-state index is 9.01. The molecule has 0 N–H and O–H groups in total. The zero-order chi connectivity index (χ0) is 11.5. The molecule has 4 heteroatoms. The molecule has 16 heavy (non-hydrogen) atoms. The average molecular weight is 213 g/mol. The lowest BCUT2D eigenvalue weighted by atomic mass is 10.1. The first-order valence-corrected chi connectivity index (χ1v) is 4.83. The van der Waals surface area contributed by atoms with Gasteiger partial charge in [-0.05, 0) is 12.1 Å². The number of aryl methyl sites for hydroxylation is 1. The fourth-order valence-corrected chi connectivity index (χ4v) is 1.61. The normalized spacial score (nSPS) is 9.81. The summed E-state index contributed by atoms with van der Waals surface area (Å²) >= 11 is 0.